The zero-order valence-electron chi connectivity index (χ0n) is 10.1. The number of rotatable bonds is 3. The molecule has 0 saturated heterocycles. The number of imidazole rings is 1. The van der Waals surface area contributed by atoms with Crippen LogP contribution < -0.4 is 5.73 Å². The molecule has 1 atom stereocenters. The molecule has 1 aliphatic heterocycles. The summed E-state index contributed by atoms with van der Waals surface area (Å²) >= 11 is 0. The molecule has 2 N–H and O–H groups in total. The van der Waals surface area contributed by atoms with Crippen LogP contribution in [0.3, 0.4) is 0 Å². The Hall–Kier alpha value is -0.830. The third-order valence-corrected chi connectivity index (χ3v) is 4.05. The van der Waals surface area contributed by atoms with Crippen molar-refractivity contribution in [2.24, 2.45) is 11.7 Å². The molecule has 0 bridgehead atoms. The monoisotopic (exact) mass is 219 g/mol. The first-order valence-corrected chi connectivity index (χ1v) is 6.55. The van der Waals surface area contributed by atoms with Crippen LogP contribution in [0, 0.1) is 12.8 Å². The highest BCUT2D eigenvalue weighted by molar-refractivity contribution is 5.22. The standard InChI is InChI=1S/C13H21N3/c1-9-12-5-2-10(6-7-14)8-16(12)13(15-9)11-3-4-11/h10-11H,2-8,14H2,1H3. The molecular weight excluding hydrogens is 198 g/mol. The number of hydrogen-bond acceptors (Lipinski definition) is 2. The fourth-order valence-corrected chi connectivity index (χ4v) is 2.96. The van der Waals surface area contributed by atoms with Gasteiger partial charge in [-0.25, -0.2) is 4.98 Å². The van der Waals surface area contributed by atoms with Crippen LogP contribution in [0.4, 0.5) is 0 Å². The van der Waals surface area contributed by atoms with Crippen LogP contribution in [0.15, 0.2) is 0 Å². The second-order valence-electron chi connectivity index (χ2n) is 5.37. The predicted molar refractivity (Wildman–Crippen MR) is 64.4 cm³/mol. The number of aryl methyl sites for hydroxylation is 1. The van der Waals surface area contributed by atoms with Gasteiger partial charge in [0.2, 0.25) is 0 Å². The fraction of sp³-hybridized carbons (Fsp3) is 0.769. The maximum Gasteiger partial charge on any atom is 0.112 e. The number of fused-ring (bicyclic) bond motifs is 1. The largest absolute Gasteiger partial charge is 0.331 e. The Morgan fingerprint density at radius 3 is 2.88 bits per heavy atom. The lowest BCUT2D eigenvalue weighted by molar-refractivity contribution is 0.346. The van der Waals surface area contributed by atoms with E-state index in [-0.39, 0.29) is 0 Å². The van der Waals surface area contributed by atoms with Gasteiger partial charge >= 0.3 is 0 Å². The van der Waals surface area contributed by atoms with Crippen molar-refractivity contribution in [2.45, 2.75) is 51.5 Å². The zero-order valence-corrected chi connectivity index (χ0v) is 10.1. The smallest absolute Gasteiger partial charge is 0.112 e. The predicted octanol–water partition coefficient (Wildman–Crippen LogP) is 1.98. The molecule has 0 aromatic carbocycles. The normalized spacial score (nSPS) is 24.5. The van der Waals surface area contributed by atoms with Crippen molar-refractivity contribution in [3.05, 3.63) is 17.2 Å². The summed E-state index contributed by atoms with van der Waals surface area (Å²) in [4.78, 5) is 4.78. The van der Waals surface area contributed by atoms with Gasteiger partial charge in [-0.15, -0.1) is 0 Å². The fourth-order valence-electron chi connectivity index (χ4n) is 2.96. The summed E-state index contributed by atoms with van der Waals surface area (Å²) in [6, 6.07) is 0. The molecule has 1 saturated carbocycles. The van der Waals surface area contributed by atoms with Crippen LogP contribution in [0.5, 0.6) is 0 Å². The van der Waals surface area contributed by atoms with E-state index in [4.69, 9.17) is 10.7 Å². The van der Waals surface area contributed by atoms with Gasteiger partial charge in [0.05, 0.1) is 5.69 Å². The second kappa shape index (κ2) is 3.88. The first kappa shape index (κ1) is 10.3. The highest BCUT2D eigenvalue weighted by Gasteiger charge is 2.32. The van der Waals surface area contributed by atoms with Crippen molar-refractivity contribution in [1.29, 1.82) is 0 Å². The average molecular weight is 219 g/mol. The first-order valence-electron chi connectivity index (χ1n) is 6.55. The molecule has 16 heavy (non-hydrogen) atoms. The van der Waals surface area contributed by atoms with Crippen molar-refractivity contribution < 1.29 is 0 Å². The topological polar surface area (TPSA) is 43.8 Å². The lowest BCUT2D eigenvalue weighted by Gasteiger charge is -2.25. The summed E-state index contributed by atoms with van der Waals surface area (Å²) in [6.45, 7) is 4.16. The molecule has 0 amide bonds. The number of nitrogens with zero attached hydrogens (tertiary/aromatic N) is 2. The summed E-state index contributed by atoms with van der Waals surface area (Å²) in [6.07, 6.45) is 6.36. The van der Waals surface area contributed by atoms with Gasteiger partial charge in [-0.2, -0.15) is 0 Å². The molecule has 1 unspecified atom stereocenters. The Morgan fingerprint density at radius 2 is 2.19 bits per heavy atom. The van der Waals surface area contributed by atoms with E-state index >= 15 is 0 Å². The third-order valence-electron chi connectivity index (χ3n) is 4.05. The number of nitrogens with two attached hydrogens (primary N) is 1. The highest BCUT2D eigenvalue weighted by Crippen LogP contribution is 2.41. The van der Waals surface area contributed by atoms with E-state index in [1.165, 1.54) is 55.9 Å². The molecule has 1 fully saturated rings. The van der Waals surface area contributed by atoms with Gasteiger partial charge < -0.3 is 10.3 Å². The van der Waals surface area contributed by atoms with Crippen molar-refractivity contribution in [2.75, 3.05) is 6.54 Å². The summed E-state index contributed by atoms with van der Waals surface area (Å²) in [5.74, 6) is 2.92. The molecule has 0 spiro atoms. The van der Waals surface area contributed by atoms with Crippen LogP contribution in [-0.4, -0.2) is 16.1 Å². The molecule has 3 heteroatoms. The van der Waals surface area contributed by atoms with Gasteiger partial charge in [-0.3, -0.25) is 0 Å². The lowest BCUT2D eigenvalue weighted by atomic mass is 9.94. The van der Waals surface area contributed by atoms with Gasteiger partial charge in [0.1, 0.15) is 5.82 Å². The van der Waals surface area contributed by atoms with E-state index in [0.29, 0.717) is 0 Å². The minimum Gasteiger partial charge on any atom is -0.331 e. The lowest BCUT2D eigenvalue weighted by Crippen LogP contribution is -2.23. The second-order valence-corrected chi connectivity index (χ2v) is 5.37. The van der Waals surface area contributed by atoms with Crippen LogP contribution in [0.2, 0.25) is 0 Å². The van der Waals surface area contributed by atoms with Crippen LogP contribution >= 0.6 is 0 Å². The van der Waals surface area contributed by atoms with E-state index in [0.717, 1.165) is 18.4 Å². The quantitative estimate of drug-likeness (QED) is 0.844. The Labute approximate surface area is 97.0 Å². The van der Waals surface area contributed by atoms with E-state index in [1.807, 2.05) is 0 Å². The molecular formula is C13H21N3. The van der Waals surface area contributed by atoms with E-state index in [9.17, 15) is 0 Å². The maximum absolute atomic E-state index is 5.67. The van der Waals surface area contributed by atoms with Crippen molar-refractivity contribution >= 4 is 0 Å². The molecule has 3 rings (SSSR count). The molecule has 1 aromatic heterocycles. The van der Waals surface area contributed by atoms with Crippen LogP contribution in [0.1, 0.15) is 48.8 Å². The molecule has 1 aliphatic carbocycles. The van der Waals surface area contributed by atoms with Gasteiger partial charge in [0.25, 0.3) is 0 Å². The van der Waals surface area contributed by atoms with E-state index < -0.39 is 0 Å². The van der Waals surface area contributed by atoms with E-state index in [1.54, 1.807) is 0 Å². The summed E-state index contributed by atoms with van der Waals surface area (Å²) in [7, 11) is 0. The highest BCUT2D eigenvalue weighted by atomic mass is 15.1. The third kappa shape index (κ3) is 1.67. The Bertz CT molecular complexity index is 390. The van der Waals surface area contributed by atoms with E-state index in [2.05, 4.69) is 11.5 Å². The summed E-state index contributed by atoms with van der Waals surface area (Å²) in [5.41, 5.74) is 8.44. The minimum atomic E-state index is 0.768. The van der Waals surface area contributed by atoms with Crippen molar-refractivity contribution in [1.82, 2.24) is 9.55 Å². The molecule has 0 radical (unpaired) electrons. The Kier molecular flexibility index (Phi) is 2.51. The maximum atomic E-state index is 5.67. The molecule has 2 heterocycles. The average Bonchev–Trinajstić information content (AvgIpc) is 3.06. The van der Waals surface area contributed by atoms with Crippen LogP contribution in [-0.2, 0) is 13.0 Å². The zero-order chi connectivity index (χ0) is 11.1. The van der Waals surface area contributed by atoms with Gasteiger partial charge in [0, 0.05) is 18.2 Å². The Morgan fingerprint density at radius 1 is 1.38 bits per heavy atom. The van der Waals surface area contributed by atoms with Crippen LogP contribution in [0.25, 0.3) is 0 Å². The molecule has 2 aliphatic rings. The van der Waals surface area contributed by atoms with Crippen molar-refractivity contribution in [3.8, 4) is 0 Å². The minimum absolute atomic E-state index is 0.768. The molecule has 3 nitrogen and oxygen atoms in total. The van der Waals surface area contributed by atoms with Crippen molar-refractivity contribution in [3.63, 3.8) is 0 Å². The number of aromatic nitrogens is 2. The SMILES string of the molecule is Cc1nc(C2CC2)n2c1CCC(CCN)C2. The number of hydrogen-bond donors (Lipinski definition) is 1. The molecule has 1 aromatic rings. The summed E-state index contributed by atoms with van der Waals surface area (Å²) < 4.78 is 2.51. The molecule has 88 valence electrons. The van der Waals surface area contributed by atoms with Gasteiger partial charge in [-0.05, 0) is 51.5 Å². The summed E-state index contributed by atoms with van der Waals surface area (Å²) in [5, 5.41) is 0. The van der Waals surface area contributed by atoms with Gasteiger partial charge in [-0.1, -0.05) is 0 Å². The Balaban J connectivity index is 1.89. The van der Waals surface area contributed by atoms with Gasteiger partial charge in [0.15, 0.2) is 0 Å². The first-order chi connectivity index (χ1) is 7.79.